The molecule has 0 aliphatic carbocycles. The normalized spacial score (nSPS) is 24.2. The van der Waals surface area contributed by atoms with Gasteiger partial charge in [0.15, 0.2) is 0 Å². The summed E-state index contributed by atoms with van der Waals surface area (Å²) < 4.78 is 0. The van der Waals surface area contributed by atoms with Gasteiger partial charge in [-0.05, 0) is 49.4 Å². The molecule has 0 radical (unpaired) electrons. The first-order valence-electron chi connectivity index (χ1n) is 8.52. The standard InChI is InChI=1S/C18H28N2O/c21-15-17-9-12-19(14-17)13-16-5-7-18(8-6-16)20-10-3-1-2-4-11-20/h5-8,17,21H,1-4,9-15H2. The summed E-state index contributed by atoms with van der Waals surface area (Å²) in [6, 6.07) is 9.15. The van der Waals surface area contributed by atoms with Crippen molar-refractivity contribution in [1.82, 2.24) is 4.90 Å². The molecule has 2 aliphatic rings. The lowest BCUT2D eigenvalue weighted by molar-refractivity contribution is 0.220. The highest BCUT2D eigenvalue weighted by Gasteiger charge is 2.21. The summed E-state index contributed by atoms with van der Waals surface area (Å²) in [7, 11) is 0. The van der Waals surface area contributed by atoms with Crippen LogP contribution in [-0.4, -0.2) is 42.8 Å². The van der Waals surface area contributed by atoms with Crippen LogP contribution in [0.1, 0.15) is 37.7 Å². The monoisotopic (exact) mass is 288 g/mol. The fourth-order valence-corrected chi connectivity index (χ4v) is 3.60. The van der Waals surface area contributed by atoms with E-state index >= 15 is 0 Å². The third kappa shape index (κ3) is 3.98. The summed E-state index contributed by atoms with van der Waals surface area (Å²) in [5, 5.41) is 9.22. The minimum absolute atomic E-state index is 0.338. The topological polar surface area (TPSA) is 26.7 Å². The summed E-state index contributed by atoms with van der Waals surface area (Å²) in [4.78, 5) is 5.00. The van der Waals surface area contributed by atoms with Gasteiger partial charge in [0.2, 0.25) is 0 Å². The van der Waals surface area contributed by atoms with Gasteiger partial charge in [0.05, 0.1) is 0 Å². The Kier molecular flexibility index (Phi) is 5.15. The van der Waals surface area contributed by atoms with Crippen molar-refractivity contribution in [3.63, 3.8) is 0 Å². The molecule has 1 aromatic carbocycles. The van der Waals surface area contributed by atoms with Gasteiger partial charge in [-0.15, -0.1) is 0 Å². The van der Waals surface area contributed by atoms with Crippen LogP contribution in [0.25, 0.3) is 0 Å². The van der Waals surface area contributed by atoms with Crippen LogP contribution in [0.5, 0.6) is 0 Å². The minimum atomic E-state index is 0.338. The highest BCUT2D eigenvalue weighted by Crippen LogP contribution is 2.22. The summed E-state index contributed by atoms with van der Waals surface area (Å²) in [5.41, 5.74) is 2.78. The van der Waals surface area contributed by atoms with Crippen LogP contribution in [0, 0.1) is 5.92 Å². The van der Waals surface area contributed by atoms with E-state index in [4.69, 9.17) is 0 Å². The smallest absolute Gasteiger partial charge is 0.0471 e. The fourth-order valence-electron chi connectivity index (χ4n) is 3.60. The molecule has 1 N–H and O–H groups in total. The van der Waals surface area contributed by atoms with Gasteiger partial charge >= 0.3 is 0 Å². The van der Waals surface area contributed by atoms with Gasteiger partial charge < -0.3 is 10.0 Å². The Morgan fingerprint density at radius 1 is 0.952 bits per heavy atom. The lowest BCUT2D eigenvalue weighted by Gasteiger charge is -2.23. The van der Waals surface area contributed by atoms with Crippen LogP contribution in [0.2, 0.25) is 0 Å². The van der Waals surface area contributed by atoms with Crippen molar-refractivity contribution < 1.29 is 5.11 Å². The van der Waals surface area contributed by atoms with E-state index in [1.165, 1.54) is 50.0 Å². The van der Waals surface area contributed by atoms with Crippen molar-refractivity contribution in [2.24, 2.45) is 5.92 Å². The number of rotatable bonds is 4. The van der Waals surface area contributed by atoms with Gasteiger partial charge in [0, 0.05) is 38.5 Å². The molecular weight excluding hydrogens is 260 g/mol. The van der Waals surface area contributed by atoms with Gasteiger partial charge in [0.25, 0.3) is 0 Å². The molecule has 2 fully saturated rings. The maximum Gasteiger partial charge on any atom is 0.0471 e. The zero-order valence-electron chi connectivity index (χ0n) is 13.0. The van der Waals surface area contributed by atoms with Crippen molar-refractivity contribution in [1.29, 1.82) is 0 Å². The maximum absolute atomic E-state index is 9.22. The molecule has 0 spiro atoms. The summed E-state index contributed by atoms with van der Waals surface area (Å²) in [5.74, 6) is 0.487. The molecule has 1 unspecified atom stereocenters. The maximum atomic E-state index is 9.22. The van der Waals surface area contributed by atoms with Crippen molar-refractivity contribution in [2.75, 3.05) is 37.7 Å². The number of anilines is 1. The molecule has 0 saturated carbocycles. The average Bonchev–Trinajstić information content (AvgIpc) is 2.80. The van der Waals surface area contributed by atoms with Crippen LogP contribution < -0.4 is 4.90 Å². The summed E-state index contributed by atoms with van der Waals surface area (Å²) >= 11 is 0. The summed E-state index contributed by atoms with van der Waals surface area (Å²) in [6.45, 7) is 5.96. The first-order valence-corrected chi connectivity index (χ1v) is 8.52. The van der Waals surface area contributed by atoms with Crippen LogP contribution in [0.15, 0.2) is 24.3 Å². The molecule has 3 rings (SSSR count). The van der Waals surface area contributed by atoms with Gasteiger partial charge in [-0.2, -0.15) is 0 Å². The quantitative estimate of drug-likeness (QED) is 0.923. The van der Waals surface area contributed by atoms with Gasteiger partial charge in [-0.1, -0.05) is 25.0 Å². The van der Waals surface area contributed by atoms with E-state index in [1.807, 2.05) is 0 Å². The molecule has 116 valence electrons. The second kappa shape index (κ2) is 7.28. The highest BCUT2D eigenvalue weighted by atomic mass is 16.3. The molecule has 2 heterocycles. The van der Waals surface area contributed by atoms with E-state index in [9.17, 15) is 5.11 Å². The van der Waals surface area contributed by atoms with Crippen molar-refractivity contribution in [3.05, 3.63) is 29.8 Å². The zero-order valence-corrected chi connectivity index (χ0v) is 13.0. The highest BCUT2D eigenvalue weighted by molar-refractivity contribution is 5.47. The lowest BCUT2D eigenvalue weighted by atomic mass is 10.1. The first kappa shape index (κ1) is 14.9. The average molecular weight is 288 g/mol. The van der Waals surface area contributed by atoms with Crippen molar-refractivity contribution >= 4 is 5.69 Å². The van der Waals surface area contributed by atoms with Crippen LogP contribution >= 0.6 is 0 Å². The molecule has 2 saturated heterocycles. The molecule has 1 aromatic rings. The van der Waals surface area contributed by atoms with E-state index in [0.717, 1.165) is 26.1 Å². The first-order chi connectivity index (χ1) is 10.3. The van der Waals surface area contributed by atoms with Crippen LogP contribution in [-0.2, 0) is 6.54 Å². The second-order valence-corrected chi connectivity index (χ2v) is 6.64. The number of hydrogen-bond acceptors (Lipinski definition) is 3. The number of nitrogens with zero attached hydrogens (tertiary/aromatic N) is 2. The molecule has 2 aliphatic heterocycles. The number of aliphatic hydroxyl groups excluding tert-OH is 1. The molecule has 1 atom stereocenters. The van der Waals surface area contributed by atoms with E-state index in [0.29, 0.717) is 12.5 Å². The molecule has 3 heteroatoms. The Labute approximate surface area is 128 Å². The van der Waals surface area contributed by atoms with E-state index in [2.05, 4.69) is 34.1 Å². The van der Waals surface area contributed by atoms with E-state index in [-0.39, 0.29) is 0 Å². The fraction of sp³-hybridized carbons (Fsp3) is 0.667. The predicted octanol–water partition coefficient (Wildman–Crippen LogP) is 2.88. The number of likely N-dealkylation sites (tertiary alicyclic amines) is 1. The molecule has 21 heavy (non-hydrogen) atoms. The van der Waals surface area contributed by atoms with Crippen molar-refractivity contribution in [3.8, 4) is 0 Å². The Hall–Kier alpha value is -1.06. The number of hydrogen-bond donors (Lipinski definition) is 1. The summed E-state index contributed by atoms with van der Waals surface area (Å²) in [6.07, 6.45) is 6.57. The largest absolute Gasteiger partial charge is 0.396 e. The van der Waals surface area contributed by atoms with Crippen molar-refractivity contribution in [2.45, 2.75) is 38.6 Å². The van der Waals surface area contributed by atoms with Crippen LogP contribution in [0.4, 0.5) is 5.69 Å². The SMILES string of the molecule is OCC1CCN(Cc2ccc(N3CCCCCC3)cc2)C1. The van der Waals surface area contributed by atoms with E-state index < -0.39 is 0 Å². The lowest BCUT2D eigenvalue weighted by Crippen LogP contribution is -2.24. The van der Waals surface area contributed by atoms with Crippen LogP contribution in [0.3, 0.4) is 0 Å². The molecule has 0 bridgehead atoms. The number of benzene rings is 1. The van der Waals surface area contributed by atoms with Gasteiger partial charge in [-0.3, -0.25) is 4.90 Å². The Morgan fingerprint density at radius 2 is 1.67 bits per heavy atom. The molecular formula is C18H28N2O. The third-order valence-corrected chi connectivity index (χ3v) is 4.94. The third-order valence-electron chi connectivity index (χ3n) is 4.94. The molecule has 3 nitrogen and oxygen atoms in total. The van der Waals surface area contributed by atoms with Gasteiger partial charge in [0.1, 0.15) is 0 Å². The minimum Gasteiger partial charge on any atom is -0.396 e. The Balaban J connectivity index is 1.56. The predicted molar refractivity (Wildman–Crippen MR) is 87.6 cm³/mol. The Bertz CT molecular complexity index is 423. The molecule has 0 aromatic heterocycles. The second-order valence-electron chi connectivity index (χ2n) is 6.64. The number of aliphatic hydroxyl groups is 1. The van der Waals surface area contributed by atoms with Gasteiger partial charge in [-0.25, -0.2) is 0 Å². The van der Waals surface area contributed by atoms with E-state index in [1.54, 1.807) is 0 Å². The Morgan fingerprint density at radius 3 is 2.29 bits per heavy atom. The zero-order chi connectivity index (χ0) is 14.5. The molecule has 0 amide bonds.